The van der Waals surface area contributed by atoms with Crippen molar-refractivity contribution in [1.29, 1.82) is 0 Å². The molecule has 0 aromatic carbocycles. The van der Waals surface area contributed by atoms with Gasteiger partial charge in [0.25, 0.3) is 0 Å². The molecule has 1 atom stereocenters. The first-order valence-electron chi connectivity index (χ1n) is 8.55. The second-order valence-electron chi connectivity index (χ2n) is 6.58. The van der Waals surface area contributed by atoms with Crippen molar-refractivity contribution >= 4 is 32.7 Å². The number of carbonyl (C=O) groups is 1. The van der Waals surface area contributed by atoms with E-state index in [1.807, 2.05) is 23.6 Å². The molecule has 2 saturated heterocycles. The minimum Gasteiger partial charge on any atom is -0.378 e. The number of rotatable bonds is 2. The molecule has 2 aliphatic rings. The maximum atomic E-state index is 12.8. The third kappa shape index (κ3) is 2.77. The van der Waals surface area contributed by atoms with Crippen LogP contribution in [0.3, 0.4) is 0 Å². The van der Waals surface area contributed by atoms with Crippen LogP contribution < -0.4 is 4.90 Å². The average Bonchev–Trinajstić information content (AvgIpc) is 3.17. The molecule has 8 heteroatoms. The van der Waals surface area contributed by atoms with Crippen molar-refractivity contribution in [3.63, 3.8) is 0 Å². The van der Waals surface area contributed by atoms with Crippen molar-refractivity contribution in [3.8, 4) is 0 Å². The van der Waals surface area contributed by atoms with E-state index in [0.717, 1.165) is 60.2 Å². The third-order valence-electron chi connectivity index (χ3n) is 4.90. The van der Waals surface area contributed by atoms with Crippen LogP contribution in [0.25, 0.3) is 10.3 Å². The first-order chi connectivity index (χ1) is 11.6. The lowest BCUT2D eigenvalue weighted by molar-refractivity contribution is -0.139. The fraction of sp³-hybridized carbons (Fsp3) is 0.688. The number of hydrogen-bond acceptors (Lipinski definition) is 6. The van der Waals surface area contributed by atoms with Crippen molar-refractivity contribution in [2.45, 2.75) is 19.8 Å². The zero-order chi connectivity index (χ0) is 16.7. The highest BCUT2D eigenvalue weighted by Crippen LogP contribution is 2.33. The Hall–Kier alpha value is -1.67. The quantitative estimate of drug-likeness (QED) is 0.820. The Balaban J connectivity index is 1.51. The zero-order valence-electron chi connectivity index (χ0n) is 14.2. The van der Waals surface area contributed by atoms with Crippen LogP contribution >= 0.6 is 11.3 Å². The Bertz CT molecular complexity index is 715. The van der Waals surface area contributed by atoms with Gasteiger partial charge in [-0.2, -0.15) is 5.10 Å². The molecule has 0 unspecified atom stereocenters. The fourth-order valence-electron chi connectivity index (χ4n) is 3.60. The fourth-order valence-corrected chi connectivity index (χ4v) is 4.67. The Morgan fingerprint density at radius 3 is 2.83 bits per heavy atom. The summed E-state index contributed by atoms with van der Waals surface area (Å²) in [6, 6.07) is 0. The van der Waals surface area contributed by atoms with Gasteiger partial charge in [-0.1, -0.05) is 11.3 Å². The maximum Gasteiger partial charge on any atom is 0.227 e. The highest BCUT2D eigenvalue weighted by molar-refractivity contribution is 7.22. The molecule has 1 amide bonds. The predicted molar refractivity (Wildman–Crippen MR) is 93.5 cm³/mol. The molecule has 0 bridgehead atoms. The molecular formula is C16H23N5O2S. The van der Waals surface area contributed by atoms with Crippen LogP contribution in [0.4, 0.5) is 5.13 Å². The number of ether oxygens (including phenoxy) is 1. The molecule has 0 aliphatic carbocycles. The summed E-state index contributed by atoms with van der Waals surface area (Å²) in [6.45, 7) is 6.52. The number of amides is 1. The summed E-state index contributed by atoms with van der Waals surface area (Å²) in [7, 11) is 1.93. The molecule has 2 aliphatic heterocycles. The molecule has 0 spiro atoms. The lowest BCUT2D eigenvalue weighted by atomic mass is 9.96. The standard InChI is InChI=1S/C16H23N5O2S/c1-11-13-14(19(2)18-11)17-16(24-13)21-5-3-4-12(10-21)15(22)20-6-8-23-9-7-20/h12H,3-10H2,1-2H3/t12-/m1/s1. The summed E-state index contributed by atoms with van der Waals surface area (Å²) in [5, 5.41) is 5.43. The van der Waals surface area contributed by atoms with Gasteiger partial charge in [-0.25, -0.2) is 9.67 Å². The number of aryl methyl sites for hydroxylation is 2. The van der Waals surface area contributed by atoms with Crippen molar-refractivity contribution in [2.24, 2.45) is 13.0 Å². The van der Waals surface area contributed by atoms with E-state index in [0.29, 0.717) is 13.2 Å². The first-order valence-corrected chi connectivity index (χ1v) is 9.37. The van der Waals surface area contributed by atoms with Gasteiger partial charge in [0.05, 0.1) is 29.5 Å². The van der Waals surface area contributed by atoms with Crippen molar-refractivity contribution in [1.82, 2.24) is 19.7 Å². The van der Waals surface area contributed by atoms with Crippen LogP contribution in [0.15, 0.2) is 0 Å². The lowest BCUT2D eigenvalue weighted by Crippen LogP contribution is -2.48. The van der Waals surface area contributed by atoms with E-state index >= 15 is 0 Å². The highest BCUT2D eigenvalue weighted by Gasteiger charge is 2.31. The average molecular weight is 349 g/mol. The van der Waals surface area contributed by atoms with Crippen LogP contribution in [-0.4, -0.2) is 65.0 Å². The third-order valence-corrected chi connectivity index (χ3v) is 6.11. The van der Waals surface area contributed by atoms with Gasteiger partial charge >= 0.3 is 0 Å². The number of hydrogen-bond donors (Lipinski definition) is 0. The molecule has 0 radical (unpaired) electrons. The second-order valence-corrected chi connectivity index (χ2v) is 7.56. The largest absolute Gasteiger partial charge is 0.378 e. The number of nitrogens with zero attached hydrogens (tertiary/aromatic N) is 5. The first kappa shape index (κ1) is 15.8. The van der Waals surface area contributed by atoms with Crippen LogP contribution in [0.5, 0.6) is 0 Å². The van der Waals surface area contributed by atoms with E-state index in [2.05, 4.69) is 10.00 Å². The number of carbonyl (C=O) groups excluding carboxylic acids is 1. The molecule has 7 nitrogen and oxygen atoms in total. The Kier molecular flexibility index (Phi) is 4.17. The molecule has 130 valence electrons. The Labute approximate surface area is 145 Å². The number of fused-ring (bicyclic) bond motifs is 1. The summed E-state index contributed by atoms with van der Waals surface area (Å²) >= 11 is 1.69. The van der Waals surface area contributed by atoms with Gasteiger partial charge in [0.1, 0.15) is 0 Å². The molecule has 2 aromatic heterocycles. The summed E-state index contributed by atoms with van der Waals surface area (Å²) in [5.41, 5.74) is 1.96. The second kappa shape index (κ2) is 6.33. The SMILES string of the molecule is Cc1nn(C)c2nc(N3CCC[C@@H](C(=O)N4CCOCC4)C3)sc12. The topological polar surface area (TPSA) is 63.5 Å². The van der Waals surface area contributed by atoms with E-state index in [9.17, 15) is 4.79 Å². The Morgan fingerprint density at radius 2 is 2.08 bits per heavy atom. The smallest absolute Gasteiger partial charge is 0.227 e. The summed E-state index contributed by atoms with van der Waals surface area (Å²) in [5.74, 6) is 0.352. The summed E-state index contributed by atoms with van der Waals surface area (Å²) in [4.78, 5) is 21.8. The number of aromatic nitrogens is 3. The molecule has 2 fully saturated rings. The number of anilines is 1. The summed E-state index contributed by atoms with van der Waals surface area (Å²) in [6.07, 6.45) is 2.01. The summed E-state index contributed by atoms with van der Waals surface area (Å²) < 4.78 is 8.34. The molecule has 4 rings (SSSR count). The van der Waals surface area contributed by atoms with Crippen LogP contribution in [-0.2, 0) is 16.6 Å². The molecule has 24 heavy (non-hydrogen) atoms. The van der Waals surface area contributed by atoms with Gasteiger partial charge in [0.2, 0.25) is 5.91 Å². The van der Waals surface area contributed by atoms with E-state index < -0.39 is 0 Å². The van der Waals surface area contributed by atoms with Crippen LogP contribution in [0.1, 0.15) is 18.5 Å². The molecular weight excluding hydrogens is 326 g/mol. The van der Waals surface area contributed by atoms with Crippen molar-refractivity contribution in [2.75, 3.05) is 44.3 Å². The minimum atomic E-state index is 0.0723. The molecule has 0 saturated carbocycles. The van der Waals surface area contributed by atoms with E-state index in [1.54, 1.807) is 11.3 Å². The van der Waals surface area contributed by atoms with E-state index in [-0.39, 0.29) is 11.8 Å². The molecule has 2 aromatic rings. The predicted octanol–water partition coefficient (Wildman–Crippen LogP) is 1.41. The number of piperidine rings is 1. The van der Waals surface area contributed by atoms with Crippen LogP contribution in [0.2, 0.25) is 0 Å². The molecule has 0 N–H and O–H groups in total. The normalized spacial score (nSPS) is 22.3. The van der Waals surface area contributed by atoms with Crippen molar-refractivity contribution in [3.05, 3.63) is 5.69 Å². The van der Waals surface area contributed by atoms with Gasteiger partial charge in [-0.3, -0.25) is 4.79 Å². The zero-order valence-corrected chi connectivity index (χ0v) is 15.0. The van der Waals surface area contributed by atoms with Gasteiger partial charge < -0.3 is 14.5 Å². The van der Waals surface area contributed by atoms with Gasteiger partial charge in [-0.05, 0) is 19.8 Å². The lowest BCUT2D eigenvalue weighted by Gasteiger charge is -2.36. The Morgan fingerprint density at radius 1 is 1.29 bits per heavy atom. The molecule has 4 heterocycles. The van der Waals surface area contributed by atoms with Gasteiger partial charge in [0, 0.05) is 33.2 Å². The maximum absolute atomic E-state index is 12.8. The van der Waals surface area contributed by atoms with Crippen LogP contribution in [0, 0.1) is 12.8 Å². The highest BCUT2D eigenvalue weighted by atomic mass is 32.1. The van der Waals surface area contributed by atoms with Gasteiger partial charge in [0.15, 0.2) is 10.8 Å². The minimum absolute atomic E-state index is 0.0723. The van der Waals surface area contributed by atoms with Gasteiger partial charge in [-0.15, -0.1) is 0 Å². The van der Waals surface area contributed by atoms with E-state index in [1.165, 1.54) is 0 Å². The van der Waals surface area contributed by atoms with E-state index in [4.69, 9.17) is 9.72 Å². The number of morpholine rings is 1. The van der Waals surface area contributed by atoms with Crippen molar-refractivity contribution < 1.29 is 9.53 Å². The monoisotopic (exact) mass is 349 g/mol. The number of thiazole rings is 1.